The average Bonchev–Trinajstić information content (AvgIpc) is 2.80. The maximum absolute atomic E-state index is 12.7. The molecule has 22 heavy (non-hydrogen) atoms. The molecule has 5 heteroatoms. The molecule has 1 aromatic rings. The van der Waals surface area contributed by atoms with E-state index in [9.17, 15) is 4.79 Å². The Kier molecular flexibility index (Phi) is 4.81. The minimum atomic E-state index is 0.0270. The van der Waals surface area contributed by atoms with Gasteiger partial charge in [-0.1, -0.05) is 12.1 Å². The molecule has 0 saturated carbocycles. The summed E-state index contributed by atoms with van der Waals surface area (Å²) >= 11 is 1.94. The van der Waals surface area contributed by atoms with Gasteiger partial charge in [0.25, 0.3) is 0 Å². The summed E-state index contributed by atoms with van der Waals surface area (Å²) in [4.78, 5) is 14.8. The highest BCUT2D eigenvalue weighted by molar-refractivity contribution is 7.99. The highest BCUT2D eigenvalue weighted by Crippen LogP contribution is 2.40. The van der Waals surface area contributed by atoms with E-state index in [1.54, 1.807) is 0 Å². The smallest absolute Gasteiger partial charge is 0.322 e. The fourth-order valence-electron chi connectivity index (χ4n) is 3.68. The van der Waals surface area contributed by atoms with Crippen molar-refractivity contribution in [3.8, 4) is 5.75 Å². The zero-order valence-corrected chi connectivity index (χ0v) is 14.1. The summed E-state index contributed by atoms with van der Waals surface area (Å²) in [5.74, 6) is 0.740. The molecule has 2 bridgehead atoms. The van der Waals surface area contributed by atoms with Crippen molar-refractivity contribution in [1.29, 1.82) is 0 Å². The van der Waals surface area contributed by atoms with Gasteiger partial charge in [0.05, 0.1) is 12.3 Å². The Morgan fingerprint density at radius 2 is 2.00 bits per heavy atom. The molecule has 120 valence electrons. The molecule has 2 aliphatic heterocycles. The van der Waals surface area contributed by atoms with E-state index in [1.807, 2.05) is 43.0 Å². The number of fused-ring (bicyclic) bond motifs is 2. The summed E-state index contributed by atoms with van der Waals surface area (Å²) in [5.41, 5.74) is 0.765. The first-order chi connectivity index (χ1) is 10.7. The largest absolute Gasteiger partial charge is 0.492 e. The van der Waals surface area contributed by atoms with Gasteiger partial charge in [-0.05, 0) is 51.0 Å². The fraction of sp³-hybridized carbons (Fsp3) is 0.588. The van der Waals surface area contributed by atoms with E-state index < -0.39 is 0 Å². The summed E-state index contributed by atoms with van der Waals surface area (Å²) in [5, 5.41) is 3.76. The van der Waals surface area contributed by atoms with Crippen molar-refractivity contribution in [2.24, 2.45) is 0 Å². The van der Waals surface area contributed by atoms with Gasteiger partial charge in [0.2, 0.25) is 0 Å². The second-order valence-electron chi connectivity index (χ2n) is 5.98. The molecule has 2 saturated heterocycles. The number of ether oxygens (including phenoxy) is 1. The lowest BCUT2D eigenvalue weighted by atomic mass is 10.0. The van der Waals surface area contributed by atoms with Crippen LogP contribution < -0.4 is 10.1 Å². The van der Waals surface area contributed by atoms with Crippen LogP contribution in [0.2, 0.25) is 0 Å². The summed E-state index contributed by atoms with van der Waals surface area (Å²) in [6.07, 6.45) is 6.71. The normalized spacial score (nSPS) is 26.8. The molecule has 0 unspecified atom stereocenters. The van der Waals surface area contributed by atoms with Crippen LogP contribution in [-0.2, 0) is 0 Å². The van der Waals surface area contributed by atoms with E-state index in [0.717, 1.165) is 37.1 Å². The molecule has 0 spiro atoms. The van der Waals surface area contributed by atoms with Crippen LogP contribution in [0.15, 0.2) is 24.3 Å². The van der Waals surface area contributed by atoms with Gasteiger partial charge in [-0.15, -0.1) is 0 Å². The maximum atomic E-state index is 12.7. The third kappa shape index (κ3) is 3.05. The molecule has 2 amide bonds. The van der Waals surface area contributed by atoms with Gasteiger partial charge in [0.1, 0.15) is 5.75 Å². The number of hydrogen-bond acceptors (Lipinski definition) is 3. The number of rotatable bonds is 4. The SMILES string of the molecule is CCOc1ccccc1NC(=O)N1[C@H]2CC[C@H]1CC(SC)C2. The molecule has 1 aromatic carbocycles. The number of amides is 2. The molecule has 2 heterocycles. The Morgan fingerprint density at radius 3 is 2.64 bits per heavy atom. The quantitative estimate of drug-likeness (QED) is 0.912. The number of hydrogen-bond donors (Lipinski definition) is 1. The van der Waals surface area contributed by atoms with Crippen LogP contribution in [0.5, 0.6) is 5.75 Å². The molecule has 3 rings (SSSR count). The standard InChI is InChI=1S/C17H24N2O2S/c1-3-21-16-7-5-4-6-15(16)18-17(20)19-12-8-9-13(19)11-14(10-12)22-2/h4-7,12-14H,3,8-11H2,1-2H3,(H,18,20)/t12-,13-/m0/s1. The number of para-hydroxylation sites is 2. The minimum Gasteiger partial charge on any atom is -0.492 e. The predicted molar refractivity (Wildman–Crippen MR) is 91.8 cm³/mol. The lowest BCUT2D eigenvalue weighted by molar-refractivity contribution is 0.161. The van der Waals surface area contributed by atoms with Gasteiger partial charge < -0.3 is 15.0 Å². The third-order valence-corrected chi connectivity index (χ3v) is 5.74. The van der Waals surface area contributed by atoms with E-state index in [4.69, 9.17) is 4.74 Å². The van der Waals surface area contributed by atoms with E-state index in [2.05, 4.69) is 16.5 Å². The summed E-state index contributed by atoms with van der Waals surface area (Å²) in [6, 6.07) is 8.47. The molecule has 1 N–H and O–H groups in total. The maximum Gasteiger partial charge on any atom is 0.322 e. The van der Waals surface area contributed by atoms with Crippen LogP contribution in [0.3, 0.4) is 0 Å². The highest BCUT2D eigenvalue weighted by Gasteiger charge is 2.43. The first-order valence-corrected chi connectivity index (χ1v) is 9.35. The van der Waals surface area contributed by atoms with E-state index >= 15 is 0 Å². The number of piperidine rings is 1. The molecule has 2 fully saturated rings. The number of benzene rings is 1. The zero-order chi connectivity index (χ0) is 15.5. The fourth-order valence-corrected chi connectivity index (χ4v) is 4.51. The first kappa shape index (κ1) is 15.5. The predicted octanol–water partition coefficient (Wildman–Crippen LogP) is 3.98. The van der Waals surface area contributed by atoms with E-state index in [1.165, 1.54) is 0 Å². The number of carbonyl (C=O) groups excluding carboxylic acids is 1. The van der Waals surface area contributed by atoms with Crippen LogP contribution >= 0.6 is 11.8 Å². The second-order valence-corrected chi connectivity index (χ2v) is 7.12. The Morgan fingerprint density at radius 1 is 1.32 bits per heavy atom. The van der Waals surface area contributed by atoms with E-state index in [-0.39, 0.29) is 6.03 Å². The van der Waals surface area contributed by atoms with Gasteiger partial charge in [-0.2, -0.15) is 11.8 Å². The van der Waals surface area contributed by atoms with Crippen LogP contribution in [-0.4, -0.2) is 41.1 Å². The number of carbonyl (C=O) groups is 1. The average molecular weight is 320 g/mol. The monoisotopic (exact) mass is 320 g/mol. The van der Waals surface area contributed by atoms with Crippen molar-refractivity contribution in [2.45, 2.75) is 49.9 Å². The first-order valence-electron chi connectivity index (χ1n) is 8.06. The topological polar surface area (TPSA) is 41.6 Å². The van der Waals surface area contributed by atoms with Gasteiger partial charge in [-0.3, -0.25) is 0 Å². The molecular weight excluding hydrogens is 296 g/mol. The zero-order valence-electron chi connectivity index (χ0n) is 13.2. The number of nitrogens with zero attached hydrogens (tertiary/aromatic N) is 1. The summed E-state index contributed by atoms with van der Waals surface area (Å²) in [7, 11) is 0. The molecule has 2 aliphatic rings. The van der Waals surface area contributed by atoms with Crippen molar-refractivity contribution < 1.29 is 9.53 Å². The Balaban J connectivity index is 1.71. The summed E-state index contributed by atoms with van der Waals surface area (Å²) in [6.45, 7) is 2.54. The number of nitrogens with one attached hydrogen (secondary N) is 1. The van der Waals surface area contributed by atoms with E-state index in [0.29, 0.717) is 23.9 Å². The molecule has 2 atom stereocenters. The Bertz CT molecular complexity index is 523. The van der Waals surface area contributed by atoms with Crippen molar-refractivity contribution in [1.82, 2.24) is 4.90 Å². The molecule has 0 radical (unpaired) electrons. The van der Waals surface area contributed by atoms with Crippen molar-refractivity contribution in [3.63, 3.8) is 0 Å². The van der Waals surface area contributed by atoms with Crippen LogP contribution in [0.25, 0.3) is 0 Å². The lowest BCUT2D eigenvalue weighted by Gasteiger charge is -2.38. The van der Waals surface area contributed by atoms with Crippen molar-refractivity contribution in [2.75, 3.05) is 18.2 Å². The van der Waals surface area contributed by atoms with Crippen LogP contribution in [0.4, 0.5) is 10.5 Å². The van der Waals surface area contributed by atoms with Gasteiger partial charge in [0.15, 0.2) is 0 Å². The van der Waals surface area contributed by atoms with Crippen LogP contribution in [0.1, 0.15) is 32.6 Å². The van der Waals surface area contributed by atoms with Crippen LogP contribution in [0, 0.1) is 0 Å². The summed E-state index contributed by atoms with van der Waals surface area (Å²) < 4.78 is 5.59. The molecular formula is C17H24N2O2S. The molecule has 0 aliphatic carbocycles. The Hall–Kier alpha value is -1.36. The second kappa shape index (κ2) is 6.82. The minimum absolute atomic E-state index is 0.0270. The Labute approximate surface area is 136 Å². The molecule has 0 aromatic heterocycles. The van der Waals surface area contributed by atoms with Crippen molar-refractivity contribution >= 4 is 23.5 Å². The molecule has 4 nitrogen and oxygen atoms in total. The van der Waals surface area contributed by atoms with Crippen molar-refractivity contribution in [3.05, 3.63) is 24.3 Å². The van der Waals surface area contributed by atoms with Gasteiger partial charge in [-0.25, -0.2) is 4.79 Å². The number of thioether (sulfide) groups is 1. The van der Waals surface area contributed by atoms with Gasteiger partial charge in [0, 0.05) is 17.3 Å². The lowest BCUT2D eigenvalue weighted by Crippen LogP contribution is -2.49. The highest BCUT2D eigenvalue weighted by atomic mass is 32.2. The number of urea groups is 1. The third-order valence-electron chi connectivity index (χ3n) is 4.69. The van der Waals surface area contributed by atoms with Gasteiger partial charge >= 0.3 is 6.03 Å². The number of anilines is 1.